The van der Waals surface area contributed by atoms with Crippen molar-refractivity contribution in [2.45, 2.75) is 33.2 Å². The molecule has 1 N–H and O–H groups in total. The third-order valence-corrected chi connectivity index (χ3v) is 4.81. The lowest BCUT2D eigenvalue weighted by Gasteiger charge is -2.13. The van der Waals surface area contributed by atoms with E-state index in [1.54, 1.807) is 10.9 Å². The Kier molecular flexibility index (Phi) is 5.35. The van der Waals surface area contributed by atoms with E-state index in [-0.39, 0.29) is 5.92 Å². The Bertz CT molecular complexity index is 1180. The molecule has 0 spiro atoms. The molecule has 4 rings (SSSR count). The van der Waals surface area contributed by atoms with E-state index in [2.05, 4.69) is 34.5 Å². The van der Waals surface area contributed by atoms with Gasteiger partial charge in [0, 0.05) is 32.2 Å². The van der Waals surface area contributed by atoms with Gasteiger partial charge in [-0.05, 0) is 31.0 Å². The summed E-state index contributed by atoms with van der Waals surface area (Å²) in [6.45, 7) is 7.29. The second kappa shape index (κ2) is 8.10. The fourth-order valence-electron chi connectivity index (χ4n) is 3.46. The Morgan fingerprint density at radius 2 is 2.07 bits per heavy atom. The van der Waals surface area contributed by atoms with Crippen LogP contribution in [0.1, 0.15) is 38.1 Å². The first-order valence-electron chi connectivity index (χ1n) is 10.0. The Hall–Kier alpha value is -3.49. The maximum absolute atomic E-state index is 5.73. The number of nitrogens with one attached hydrogen (secondary N) is 1. The second-order valence-electron chi connectivity index (χ2n) is 7.44. The standard InChI is InChI=1S/C21H26N8O/c1-6-30-21-15(8-7-9-22-21)16-10-17(23-11-14-12-28(4)27-25-14)18-19(13(2)3)26-29(5)20(18)24-16/h7-10,12-13H,6,11H2,1-5H3,(H,23,24). The molecule has 4 aromatic rings. The minimum atomic E-state index is 0.260. The number of aromatic nitrogens is 7. The van der Waals surface area contributed by atoms with Crippen molar-refractivity contribution < 1.29 is 4.74 Å². The molecule has 0 aliphatic carbocycles. The summed E-state index contributed by atoms with van der Waals surface area (Å²) in [6.07, 6.45) is 3.62. The molecule has 156 valence electrons. The number of aryl methyl sites for hydroxylation is 2. The predicted molar refractivity (Wildman–Crippen MR) is 115 cm³/mol. The van der Waals surface area contributed by atoms with Crippen LogP contribution in [0.2, 0.25) is 0 Å². The molecule has 0 aliphatic heterocycles. The molecule has 0 amide bonds. The highest BCUT2D eigenvalue weighted by molar-refractivity contribution is 5.94. The third-order valence-electron chi connectivity index (χ3n) is 4.81. The summed E-state index contributed by atoms with van der Waals surface area (Å²) in [4.78, 5) is 9.30. The topological polar surface area (TPSA) is 95.6 Å². The van der Waals surface area contributed by atoms with Crippen LogP contribution in [0.4, 0.5) is 5.69 Å². The van der Waals surface area contributed by atoms with Gasteiger partial charge < -0.3 is 10.1 Å². The zero-order chi connectivity index (χ0) is 21.3. The highest BCUT2D eigenvalue weighted by Gasteiger charge is 2.20. The van der Waals surface area contributed by atoms with Crippen molar-refractivity contribution in [3.63, 3.8) is 0 Å². The summed E-state index contributed by atoms with van der Waals surface area (Å²) in [5.41, 5.74) is 5.24. The van der Waals surface area contributed by atoms with E-state index in [0.717, 1.165) is 39.4 Å². The van der Waals surface area contributed by atoms with Crippen molar-refractivity contribution >= 4 is 16.7 Å². The molecule has 0 unspecified atom stereocenters. The zero-order valence-electron chi connectivity index (χ0n) is 17.9. The number of hydrogen-bond donors (Lipinski definition) is 1. The van der Waals surface area contributed by atoms with Gasteiger partial charge in [0.1, 0.15) is 5.69 Å². The highest BCUT2D eigenvalue weighted by Crippen LogP contribution is 2.35. The van der Waals surface area contributed by atoms with Gasteiger partial charge in [0.15, 0.2) is 5.65 Å². The van der Waals surface area contributed by atoms with E-state index in [1.165, 1.54) is 0 Å². The van der Waals surface area contributed by atoms with Crippen LogP contribution in [-0.2, 0) is 20.6 Å². The molecule has 0 saturated carbocycles. The van der Waals surface area contributed by atoms with E-state index in [4.69, 9.17) is 14.8 Å². The fraction of sp³-hybridized carbons (Fsp3) is 0.381. The summed E-state index contributed by atoms with van der Waals surface area (Å²) in [5, 5.41) is 17.5. The average Bonchev–Trinajstić information content (AvgIpc) is 3.30. The normalized spacial score (nSPS) is 11.4. The molecule has 0 atom stereocenters. The first kappa shape index (κ1) is 19.8. The van der Waals surface area contributed by atoms with Crippen LogP contribution < -0.4 is 10.1 Å². The molecular weight excluding hydrogens is 380 g/mol. The van der Waals surface area contributed by atoms with Crippen LogP contribution in [0.25, 0.3) is 22.3 Å². The van der Waals surface area contributed by atoms with Gasteiger partial charge in [-0.15, -0.1) is 5.10 Å². The Labute approximate surface area is 175 Å². The van der Waals surface area contributed by atoms with E-state index < -0.39 is 0 Å². The minimum absolute atomic E-state index is 0.260. The molecule has 0 saturated heterocycles. The smallest absolute Gasteiger partial charge is 0.222 e. The number of rotatable bonds is 7. The molecule has 4 heterocycles. The maximum atomic E-state index is 5.73. The Balaban J connectivity index is 1.86. The lowest BCUT2D eigenvalue weighted by Crippen LogP contribution is -2.04. The number of nitrogens with zero attached hydrogens (tertiary/aromatic N) is 7. The summed E-state index contributed by atoms with van der Waals surface area (Å²) in [7, 11) is 3.78. The molecule has 0 fully saturated rings. The summed E-state index contributed by atoms with van der Waals surface area (Å²) in [6, 6.07) is 5.89. The number of hydrogen-bond acceptors (Lipinski definition) is 7. The van der Waals surface area contributed by atoms with Crippen molar-refractivity contribution in [1.29, 1.82) is 0 Å². The molecule has 9 heteroatoms. The predicted octanol–water partition coefficient (Wildman–Crippen LogP) is 3.29. The number of anilines is 1. The second-order valence-corrected chi connectivity index (χ2v) is 7.44. The largest absolute Gasteiger partial charge is 0.477 e. The molecular formula is C21H26N8O. The van der Waals surface area contributed by atoms with Crippen LogP contribution in [0.5, 0.6) is 5.88 Å². The third kappa shape index (κ3) is 3.70. The maximum Gasteiger partial charge on any atom is 0.222 e. The van der Waals surface area contributed by atoms with Gasteiger partial charge in [-0.3, -0.25) is 9.36 Å². The van der Waals surface area contributed by atoms with Crippen molar-refractivity contribution in [1.82, 2.24) is 34.7 Å². The van der Waals surface area contributed by atoms with Crippen molar-refractivity contribution in [2.75, 3.05) is 11.9 Å². The molecule has 0 aliphatic rings. The van der Waals surface area contributed by atoms with Crippen LogP contribution in [0.3, 0.4) is 0 Å². The van der Waals surface area contributed by atoms with E-state index >= 15 is 0 Å². The van der Waals surface area contributed by atoms with Gasteiger partial charge in [0.05, 0.1) is 35.5 Å². The van der Waals surface area contributed by atoms with E-state index in [9.17, 15) is 0 Å². The quantitative estimate of drug-likeness (QED) is 0.503. The average molecular weight is 406 g/mol. The first-order chi connectivity index (χ1) is 14.5. The Morgan fingerprint density at radius 1 is 1.23 bits per heavy atom. The molecule has 0 aromatic carbocycles. The van der Waals surface area contributed by atoms with Gasteiger partial charge in [-0.25, -0.2) is 9.97 Å². The van der Waals surface area contributed by atoms with Gasteiger partial charge in [-0.2, -0.15) is 5.10 Å². The molecule has 0 radical (unpaired) electrons. The lowest BCUT2D eigenvalue weighted by molar-refractivity contribution is 0.328. The SMILES string of the molecule is CCOc1ncccc1-c1cc(NCc2cn(C)nn2)c2c(C(C)C)nn(C)c2n1. The van der Waals surface area contributed by atoms with Gasteiger partial charge in [0.25, 0.3) is 0 Å². The number of pyridine rings is 2. The number of fused-ring (bicyclic) bond motifs is 1. The fourth-order valence-corrected chi connectivity index (χ4v) is 3.46. The molecule has 30 heavy (non-hydrogen) atoms. The van der Waals surface area contributed by atoms with Crippen molar-refractivity contribution in [3.05, 3.63) is 42.0 Å². The Morgan fingerprint density at radius 3 is 2.77 bits per heavy atom. The van der Waals surface area contributed by atoms with Gasteiger partial charge >= 0.3 is 0 Å². The lowest BCUT2D eigenvalue weighted by atomic mass is 10.0. The number of ether oxygens (including phenoxy) is 1. The summed E-state index contributed by atoms with van der Waals surface area (Å²) in [5.74, 6) is 0.828. The monoisotopic (exact) mass is 406 g/mol. The molecule has 4 aromatic heterocycles. The summed E-state index contributed by atoms with van der Waals surface area (Å²) >= 11 is 0. The molecule has 0 bridgehead atoms. The van der Waals surface area contributed by atoms with E-state index in [1.807, 2.05) is 50.1 Å². The van der Waals surface area contributed by atoms with Crippen molar-refractivity contribution in [2.24, 2.45) is 14.1 Å². The van der Waals surface area contributed by atoms with Crippen LogP contribution >= 0.6 is 0 Å². The van der Waals surface area contributed by atoms with Crippen LogP contribution in [0, 0.1) is 0 Å². The highest BCUT2D eigenvalue weighted by atomic mass is 16.5. The first-order valence-corrected chi connectivity index (χ1v) is 10.0. The zero-order valence-corrected chi connectivity index (χ0v) is 17.9. The van der Waals surface area contributed by atoms with Crippen LogP contribution in [-0.4, -0.2) is 41.3 Å². The van der Waals surface area contributed by atoms with Gasteiger partial charge in [0.2, 0.25) is 5.88 Å². The van der Waals surface area contributed by atoms with Gasteiger partial charge in [-0.1, -0.05) is 19.1 Å². The minimum Gasteiger partial charge on any atom is -0.477 e. The van der Waals surface area contributed by atoms with Crippen LogP contribution in [0.15, 0.2) is 30.6 Å². The molecule has 9 nitrogen and oxygen atoms in total. The summed E-state index contributed by atoms with van der Waals surface area (Å²) < 4.78 is 9.26. The van der Waals surface area contributed by atoms with Crippen molar-refractivity contribution in [3.8, 4) is 17.1 Å². The van der Waals surface area contributed by atoms with E-state index in [0.29, 0.717) is 19.0 Å².